The van der Waals surface area contributed by atoms with Gasteiger partial charge in [-0.25, -0.2) is 9.97 Å². The van der Waals surface area contributed by atoms with Gasteiger partial charge in [0.2, 0.25) is 17.7 Å². The van der Waals surface area contributed by atoms with E-state index in [-0.39, 0.29) is 11.9 Å². The van der Waals surface area contributed by atoms with Gasteiger partial charge in [0.1, 0.15) is 10.8 Å². The molecule has 2 N–H and O–H groups in total. The highest BCUT2D eigenvalue weighted by atomic mass is 35.5. The fourth-order valence-electron chi connectivity index (χ4n) is 3.60. The summed E-state index contributed by atoms with van der Waals surface area (Å²) in [7, 11) is 0. The Bertz CT molecular complexity index is 1120. The van der Waals surface area contributed by atoms with Gasteiger partial charge in [0.05, 0.1) is 12.8 Å². The van der Waals surface area contributed by atoms with Crippen LogP contribution < -0.4 is 20.3 Å². The molecule has 0 unspecified atom stereocenters. The van der Waals surface area contributed by atoms with E-state index < -0.39 is 0 Å². The molecular weight excluding hydrogens is 416 g/mol. The Labute approximate surface area is 185 Å². The van der Waals surface area contributed by atoms with Crippen LogP contribution in [0.5, 0.6) is 5.88 Å². The fourth-order valence-corrected chi connectivity index (χ4v) is 3.74. The van der Waals surface area contributed by atoms with Gasteiger partial charge in [0.25, 0.3) is 0 Å². The number of nitrogens with one attached hydrogen (secondary N) is 2. The summed E-state index contributed by atoms with van der Waals surface area (Å²) in [5.74, 6) is 1.55. The molecule has 160 valence electrons. The SMILES string of the molecule is C=CC(=O)Nc1ccc2c(N3CC[C@@H](Nc4ncc(Cl)c(OCC)n4)C3)nccc2c1. The molecule has 4 rings (SSSR count). The molecule has 1 aromatic carbocycles. The first kappa shape index (κ1) is 20.9. The van der Waals surface area contributed by atoms with Crippen LogP contribution in [0.4, 0.5) is 17.5 Å². The number of benzene rings is 1. The highest BCUT2D eigenvalue weighted by Crippen LogP contribution is 2.30. The van der Waals surface area contributed by atoms with Crippen molar-refractivity contribution in [1.29, 1.82) is 0 Å². The summed E-state index contributed by atoms with van der Waals surface area (Å²) < 4.78 is 5.45. The second-order valence-electron chi connectivity index (χ2n) is 7.12. The number of fused-ring (bicyclic) bond motifs is 1. The molecule has 0 saturated carbocycles. The van der Waals surface area contributed by atoms with Crippen LogP contribution in [0.1, 0.15) is 13.3 Å². The normalized spacial score (nSPS) is 15.7. The average Bonchev–Trinajstić information content (AvgIpc) is 3.24. The minimum absolute atomic E-state index is 0.166. The van der Waals surface area contributed by atoms with E-state index in [4.69, 9.17) is 16.3 Å². The Hall–Kier alpha value is -3.39. The lowest BCUT2D eigenvalue weighted by Gasteiger charge is -2.20. The van der Waals surface area contributed by atoms with Gasteiger partial charge < -0.3 is 20.3 Å². The summed E-state index contributed by atoms with van der Waals surface area (Å²) in [5, 5.41) is 8.58. The second-order valence-corrected chi connectivity index (χ2v) is 7.53. The van der Waals surface area contributed by atoms with E-state index in [2.05, 4.69) is 37.1 Å². The molecule has 1 aliphatic heterocycles. The van der Waals surface area contributed by atoms with Gasteiger partial charge in [-0.3, -0.25) is 4.79 Å². The van der Waals surface area contributed by atoms with Gasteiger partial charge in [-0.2, -0.15) is 4.98 Å². The number of hydrogen-bond acceptors (Lipinski definition) is 7. The Balaban J connectivity index is 1.49. The highest BCUT2D eigenvalue weighted by Gasteiger charge is 2.25. The van der Waals surface area contributed by atoms with Crippen molar-refractivity contribution in [2.45, 2.75) is 19.4 Å². The van der Waals surface area contributed by atoms with Crippen molar-refractivity contribution in [2.75, 3.05) is 35.2 Å². The highest BCUT2D eigenvalue weighted by molar-refractivity contribution is 6.31. The Kier molecular flexibility index (Phi) is 6.18. The van der Waals surface area contributed by atoms with Crippen molar-refractivity contribution >= 4 is 45.7 Å². The monoisotopic (exact) mass is 438 g/mol. The van der Waals surface area contributed by atoms with E-state index in [1.54, 1.807) is 12.4 Å². The van der Waals surface area contributed by atoms with Crippen molar-refractivity contribution in [1.82, 2.24) is 15.0 Å². The molecule has 9 heteroatoms. The van der Waals surface area contributed by atoms with Gasteiger partial charge in [0, 0.05) is 36.4 Å². The van der Waals surface area contributed by atoms with Crippen molar-refractivity contribution in [3.8, 4) is 5.88 Å². The summed E-state index contributed by atoms with van der Waals surface area (Å²) >= 11 is 6.08. The zero-order chi connectivity index (χ0) is 21.8. The summed E-state index contributed by atoms with van der Waals surface area (Å²) in [4.78, 5) is 27.0. The molecule has 1 amide bonds. The van der Waals surface area contributed by atoms with Gasteiger partial charge in [-0.05, 0) is 49.1 Å². The number of ether oxygens (including phenoxy) is 1. The van der Waals surface area contributed by atoms with E-state index in [1.165, 1.54) is 6.08 Å². The van der Waals surface area contributed by atoms with E-state index in [1.807, 2.05) is 31.2 Å². The van der Waals surface area contributed by atoms with Gasteiger partial charge in [-0.15, -0.1) is 0 Å². The average molecular weight is 439 g/mol. The third-order valence-corrected chi connectivity index (χ3v) is 5.27. The van der Waals surface area contributed by atoms with E-state index in [9.17, 15) is 4.79 Å². The molecular formula is C22H23ClN6O2. The van der Waals surface area contributed by atoms with Crippen LogP contribution in [0, 0.1) is 0 Å². The topological polar surface area (TPSA) is 92.3 Å². The lowest BCUT2D eigenvalue weighted by molar-refractivity contribution is -0.111. The van der Waals surface area contributed by atoms with E-state index in [0.29, 0.717) is 23.5 Å². The quantitative estimate of drug-likeness (QED) is 0.540. The molecule has 0 bridgehead atoms. The number of rotatable bonds is 7. The maximum Gasteiger partial charge on any atom is 0.247 e. The maximum atomic E-state index is 11.6. The smallest absolute Gasteiger partial charge is 0.247 e. The fraction of sp³-hybridized carbons (Fsp3) is 0.273. The molecule has 31 heavy (non-hydrogen) atoms. The lowest BCUT2D eigenvalue weighted by Crippen LogP contribution is -2.27. The number of amides is 1. The molecule has 0 aliphatic carbocycles. The minimum atomic E-state index is -0.237. The van der Waals surface area contributed by atoms with Crippen LogP contribution in [0.15, 0.2) is 49.3 Å². The summed E-state index contributed by atoms with van der Waals surface area (Å²) in [6.07, 6.45) is 5.50. The predicted octanol–water partition coefficient (Wildman–Crippen LogP) is 3.89. The molecule has 0 radical (unpaired) electrons. The molecule has 0 spiro atoms. The first-order chi connectivity index (χ1) is 15.1. The Morgan fingerprint density at radius 2 is 2.26 bits per heavy atom. The molecule has 1 fully saturated rings. The number of halogens is 1. The van der Waals surface area contributed by atoms with E-state index >= 15 is 0 Å². The van der Waals surface area contributed by atoms with Crippen molar-refractivity contribution in [3.05, 3.63) is 54.3 Å². The van der Waals surface area contributed by atoms with Crippen molar-refractivity contribution in [3.63, 3.8) is 0 Å². The Morgan fingerprint density at radius 3 is 3.06 bits per heavy atom. The van der Waals surface area contributed by atoms with Gasteiger partial charge in [0.15, 0.2) is 0 Å². The van der Waals surface area contributed by atoms with Crippen LogP contribution in [-0.4, -0.2) is 46.6 Å². The van der Waals surface area contributed by atoms with Crippen molar-refractivity contribution < 1.29 is 9.53 Å². The largest absolute Gasteiger partial charge is 0.477 e. The lowest BCUT2D eigenvalue weighted by atomic mass is 10.1. The molecule has 1 saturated heterocycles. The summed E-state index contributed by atoms with van der Waals surface area (Å²) in [6, 6.07) is 7.89. The number of carbonyl (C=O) groups is 1. The first-order valence-electron chi connectivity index (χ1n) is 10.1. The number of carbonyl (C=O) groups excluding carboxylic acids is 1. The minimum Gasteiger partial charge on any atom is -0.477 e. The third kappa shape index (κ3) is 4.69. The number of hydrogen-bond donors (Lipinski definition) is 2. The van der Waals surface area contributed by atoms with Crippen LogP contribution in [0.25, 0.3) is 10.8 Å². The first-order valence-corrected chi connectivity index (χ1v) is 10.4. The number of anilines is 3. The molecule has 1 aliphatic rings. The summed E-state index contributed by atoms with van der Waals surface area (Å²) in [5.41, 5.74) is 0.723. The molecule has 8 nitrogen and oxygen atoms in total. The van der Waals surface area contributed by atoms with Gasteiger partial charge in [-0.1, -0.05) is 18.2 Å². The second kappa shape index (κ2) is 9.18. The Morgan fingerprint density at radius 1 is 1.39 bits per heavy atom. The molecule has 2 aromatic heterocycles. The molecule has 1 atom stereocenters. The zero-order valence-corrected chi connectivity index (χ0v) is 17.9. The number of aromatic nitrogens is 3. The predicted molar refractivity (Wildman–Crippen MR) is 123 cm³/mol. The van der Waals surface area contributed by atoms with Gasteiger partial charge >= 0.3 is 0 Å². The molecule has 3 heterocycles. The zero-order valence-electron chi connectivity index (χ0n) is 17.1. The van der Waals surface area contributed by atoms with Crippen LogP contribution in [0.2, 0.25) is 5.02 Å². The maximum absolute atomic E-state index is 11.6. The number of nitrogens with zero attached hydrogens (tertiary/aromatic N) is 4. The summed E-state index contributed by atoms with van der Waals surface area (Å²) in [6.45, 7) is 7.46. The molecule has 3 aromatic rings. The third-order valence-electron chi connectivity index (χ3n) is 5.01. The van der Waals surface area contributed by atoms with Crippen LogP contribution in [0.3, 0.4) is 0 Å². The number of pyridine rings is 1. The van der Waals surface area contributed by atoms with Crippen molar-refractivity contribution in [2.24, 2.45) is 0 Å². The van der Waals surface area contributed by atoms with E-state index in [0.717, 1.165) is 41.8 Å². The standard InChI is InChI=1S/C22H23ClN6O2/c1-3-19(30)26-15-5-6-17-14(11-15)7-9-24-20(17)29-10-8-16(13-29)27-22-25-12-18(23)21(28-22)31-4-2/h3,5-7,9,11-12,16H,1,4,8,10,13H2,2H3,(H,26,30)(H,25,27,28)/t16-/m1/s1. The van der Waals surface area contributed by atoms with Crippen LogP contribution in [-0.2, 0) is 4.79 Å². The van der Waals surface area contributed by atoms with Crippen LogP contribution >= 0.6 is 11.6 Å².